The number of hydrogen-bond donors (Lipinski definition) is 1. The van der Waals surface area contributed by atoms with Crippen LogP contribution in [0.2, 0.25) is 0 Å². The Bertz CT molecular complexity index is 848. The molecule has 2 aromatic carbocycles. The van der Waals surface area contributed by atoms with Crippen molar-refractivity contribution in [1.82, 2.24) is 10.3 Å². The molecule has 1 aromatic heterocycles. The average Bonchev–Trinajstić information content (AvgIpc) is 3.15. The lowest BCUT2D eigenvalue weighted by Crippen LogP contribution is -2.38. The van der Waals surface area contributed by atoms with Crippen LogP contribution in [0.15, 0.2) is 54.0 Å². The van der Waals surface area contributed by atoms with Gasteiger partial charge in [-0.15, -0.1) is 11.3 Å². The SMILES string of the molecule is COc1cccc2c1OC[C@H](NCc1scnc1-c1ccccc1)C2. The van der Waals surface area contributed by atoms with E-state index in [-0.39, 0.29) is 6.04 Å². The average molecular weight is 352 g/mol. The fraction of sp³-hybridized carbons (Fsp3) is 0.250. The van der Waals surface area contributed by atoms with E-state index in [1.807, 2.05) is 35.8 Å². The molecular formula is C20H20N2O2S. The van der Waals surface area contributed by atoms with E-state index >= 15 is 0 Å². The lowest BCUT2D eigenvalue weighted by molar-refractivity contribution is 0.227. The fourth-order valence-electron chi connectivity index (χ4n) is 3.15. The third kappa shape index (κ3) is 3.38. The highest BCUT2D eigenvalue weighted by atomic mass is 32.1. The molecule has 0 aliphatic carbocycles. The number of methoxy groups -OCH3 is 1. The van der Waals surface area contributed by atoms with Crippen molar-refractivity contribution in [3.05, 3.63) is 64.5 Å². The van der Waals surface area contributed by atoms with Crippen LogP contribution in [-0.2, 0) is 13.0 Å². The zero-order chi connectivity index (χ0) is 17.1. The van der Waals surface area contributed by atoms with Crippen LogP contribution < -0.4 is 14.8 Å². The third-order valence-corrected chi connectivity index (χ3v) is 5.25. The van der Waals surface area contributed by atoms with Gasteiger partial charge in [0, 0.05) is 23.0 Å². The van der Waals surface area contributed by atoms with E-state index in [1.54, 1.807) is 18.4 Å². The summed E-state index contributed by atoms with van der Waals surface area (Å²) < 4.78 is 11.3. The van der Waals surface area contributed by atoms with Crippen LogP contribution in [0.3, 0.4) is 0 Å². The summed E-state index contributed by atoms with van der Waals surface area (Å²) in [4.78, 5) is 5.79. The predicted octanol–water partition coefficient (Wildman–Crippen LogP) is 3.91. The first kappa shape index (κ1) is 16.1. The minimum absolute atomic E-state index is 0.283. The number of nitrogens with zero attached hydrogens (tertiary/aromatic N) is 1. The monoisotopic (exact) mass is 352 g/mol. The Labute approximate surface area is 151 Å². The molecule has 25 heavy (non-hydrogen) atoms. The lowest BCUT2D eigenvalue weighted by Gasteiger charge is -2.27. The molecule has 0 radical (unpaired) electrons. The maximum atomic E-state index is 5.94. The quantitative estimate of drug-likeness (QED) is 0.756. The Hall–Kier alpha value is -2.37. The van der Waals surface area contributed by atoms with E-state index in [2.05, 4.69) is 28.5 Å². The van der Waals surface area contributed by atoms with Gasteiger partial charge in [-0.3, -0.25) is 0 Å². The second-order valence-electron chi connectivity index (χ2n) is 6.03. The van der Waals surface area contributed by atoms with E-state index in [1.165, 1.54) is 10.4 Å². The maximum absolute atomic E-state index is 5.94. The summed E-state index contributed by atoms with van der Waals surface area (Å²) >= 11 is 1.69. The van der Waals surface area contributed by atoms with Crippen LogP contribution >= 0.6 is 11.3 Å². The van der Waals surface area contributed by atoms with Crippen LogP contribution in [0, 0.1) is 0 Å². The Balaban J connectivity index is 1.44. The highest BCUT2D eigenvalue weighted by molar-refractivity contribution is 7.10. The number of thiazole rings is 1. The standard InChI is InChI=1S/C20H20N2O2S/c1-23-17-9-5-8-15-10-16(12-24-20(15)17)21-11-18-19(22-13-25-18)14-6-3-2-4-7-14/h2-9,13,16,21H,10-12H2,1H3/t16-/m1/s1. The highest BCUT2D eigenvalue weighted by Gasteiger charge is 2.22. The van der Waals surface area contributed by atoms with E-state index < -0.39 is 0 Å². The van der Waals surface area contributed by atoms with Crippen molar-refractivity contribution in [2.45, 2.75) is 19.0 Å². The molecule has 3 aromatic rings. The zero-order valence-electron chi connectivity index (χ0n) is 14.1. The molecule has 128 valence electrons. The van der Waals surface area contributed by atoms with Crippen LogP contribution in [0.4, 0.5) is 0 Å². The largest absolute Gasteiger partial charge is 0.493 e. The van der Waals surface area contributed by atoms with Crippen LogP contribution in [0.1, 0.15) is 10.4 Å². The van der Waals surface area contributed by atoms with Crippen molar-refractivity contribution >= 4 is 11.3 Å². The molecule has 0 fully saturated rings. The number of nitrogens with one attached hydrogen (secondary N) is 1. The van der Waals surface area contributed by atoms with Crippen LogP contribution in [-0.4, -0.2) is 24.7 Å². The molecule has 0 spiro atoms. The molecule has 4 rings (SSSR count). The number of rotatable bonds is 5. The van der Waals surface area contributed by atoms with Crippen LogP contribution in [0.25, 0.3) is 11.3 Å². The highest BCUT2D eigenvalue weighted by Crippen LogP contribution is 2.34. The van der Waals surface area contributed by atoms with Gasteiger partial charge < -0.3 is 14.8 Å². The Morgan fingerprint density at radius 3 is 2.92 bits per heavy atom. The number of aromatic nitrogens is 1. The van der Waals surface area contributed by atoms with Crippen molar-refractivity contribution in [2.24, 2.45) is 0 Å². The molecular weight excluding hydrogens is 332 g/mol. The normalized spacial score (nSPS) is 16.1. The molecule has 1 aliphatic rings. The summed E-state index contributed by atoms with van der Waals surface area (Å²) in [5, 5.41) is 3.62. The van der Waals surface area contributed by atoms with Gasteiger partial charge in [-0.2, -0.15) is 0 Å². The Morgan fingerprint density at radius 2 is 2.08 bits per heavy atom. The van der Waals surface area contributed by atoms with Crippen molar-refractivity contribution in [3.8, 4) is 22.8 Å². The number of hydrogen-bond acceptors (Lipinski definition) is 5. The molecule has 0 saturated carbocycles. The molecule has 5 heteroatoms. The smallest absolute Gasteiger partial charge is 0.164 e. The summed E-state index contributed by atoms with van der Waals surface area (Å²) in [7, 11) is 1.68. The molecule has 4 nitrogen and oxygen atoms in total. The first-order chi connectivity index (χ1) is 12.3. The van der Waals surface area contributed by atoms with Gasteiger partial charge in [-0.1, -0.05) is 42.5 Å². The molecule has 1 atom stereocenters. The van der Waals surface area contributed by atoms with E-state index in [0.29, 0.717) is 6.61 Å². The van der Waals surface area contributed by atoms with Gasteiger partial charge in [0.25, 0.3) is 0 Å². The summed E-state index contributed by atoms with van der Waals surface area (Å²) in [6, 6.07) is 16.7. The van der Waals surface area contributed by atoms with Crippen molar-refractivity contribution < 1.29 is 9.47 Å². The third-order valence-electron chi connectivity index (χ3n) is 4.41. The first-order valence-electron chi connectivity index (χ1n) is 8.35. The summed E-state index contributed by atoms with van der Waals surface area (Å²) in [5.41, 5.74) is 5.33. The number of benzene rings is 2. The van der Waals surface area contributed by atoms with Gasteiger partial charge in [-0.05, 0) is 18.1 Å². The zero-order valence-corrected chi connectivity index (χ0v) is 14.9. The van der Waals surface area contributed by atoms with Gasteiger partial charge in [0.15, 0.2) is 11.5 Å². The number of fused-ring (bicyclic) bond motifs is 1. The van der Waals surface area contributed by atoms with Gasteiger partial charge in [0.05, 0.1) is 18.3 Å². The van der Waals surface area contributed by atoms with E-state index in [4.69, 9.17) is 9.47 Å². The van der Waals surface area contributed by atoms with Gasteiger partial charge in [-0.25, -0.2) is 4.98 Å². The molecule has 1 aliphatic heterocycles. The molecule has 0 saturated heterocycles. The van der Waals surface area contributed by atoms with E-state index in [9.17, 15) is 0 Å². The summed E-state index contributed by atoms with van der Waals surface area (Å²) in [6.07, 6.45) is 0.937. The predicted molar refractivity (Wildman–Crippen MR) is 100 cm³/mol. The van der Waals surface area contributed by atoms with Crippen molar-refractivity contribution in [3.63, 3.8) is 0 Å². The number of para-hydroxylation sites is 1. The van der Waals surface area contributed by atoms with Gasteiger partial charge in [0.2, 0.25) is 0 Å². The second kappa shape index (κ2) is 7.25. The molecule has 1 N–H and O–H groups in total. The Morgan fingerprint density at radius 1 is 1.20 bits per heavy atom. The molecule has 0 amide bonds. The van der Waals surface area contributed by atoms with Crippen molar-refractivity contribution in [1.29, 1.82) is 0 Å². The van der Waals surface area contributed by atoms with Crippen LogP contribution in [0.5, 0.6) is 11.5 Å². The minimum atomic E-state index is 0.283. The number of ether oxygens (including phenoxy) is 2. The topological polar surface area (TPSA) is 43.4 Å². The second-order valence-corrected chi connectivity index (χ2v) is 6.97. The molecule has 0 unspecified atom stereocenters. The van der Waals surface area contributed by atoms with Gasteiger partial charge in [0.1, 0.15) is 6.61 Å². The summed E-state index contributed by atoms with van der Waals surface area (Å²) in [6.45, 7) is 1.44. The fourth-order valence-corrected chi connectivity index (χ4v) is 3.88. The van der Waals surface area contributed by atoms with Gasteiger partial charge >= 0.3 is 0 Å². The molecule has 0 bridgehead atoms. The summed E-state index contributed by atoms with van der Waals surface area (Å²) in [5.74, 6) is 1.69. The molecule has 2 heterocycles. The maximum Gasteiger partial charge on any atom is 0.164 e. The first-order valence-corrected chi connectivity index (χ1v) is 9.23. The lowest BCUT2D eigenvalue weighted by atomic mass is 10.0. The Kier molecular flexibility index (Phi) is 4.68. The van der Waals surface area contributed by atoms with E-state index in [0.717, 1.165) is 35.7 Å². The minimum Gasteiger partial charge on any atom is -0.493 e. The van der Waals surface area contributed by atoms with Crippen molar-refractivity contribution in [2.75, 3.05) is 13.7 Å².